The number of rotatable bonds is 8. The van der Waals surface area contributed by atoms with Gasteiger partial charge in [0.2, 0.25) is 0 Å². The summed E-state index contributed by atoms with van der Waals surface area (Å²) in [4.78, 5) is 9.04. The SMILES string of the molecule is CN(C)c1ncccc1CN1CC[C@H](c2cc(CCOc3cccc(F)c3)[nH]n2)C1. The Morgan fingerprint density at radius 1 is 1.23 bits per heavy atom. The van der Waals surface area contributed by atoms with Crippen LogP contribution in [0.3, 0.4) is 0 Å². The molecular formula is C23H28FN5O. The molecule has 0 unspecified atom stereocenters. The van der Waals surface area contributed by atoms with Crippen LogP contribution in [-0.2, 0) is 13.0 Å². The van der Waals surface area contributed by atoms with Crippen molar-refractivity contribution < 1.29 is 9.13 Å². The van der Waals surface area contributed by atoms with Crippen molar-refractivity contribution in [1.82, 2.24) is 20.1 Å². The van der Waals surface area contributed by atoms with Gasteiger partial charge in [-0.1, -0.05) is 12.1 Å². The van der Waals surface area contributed by atoms with Crippen molar-refractivity contribution in [1.29, 1.82) is 0 Å². The minimum atomic E-state index is -0.286. The van der Waals surface area contributed by atoms with Crippen LogP contribution in [0.4, 0.5) is 10.2 Å². The van der Waals surface area contributed by atoms with Crippen molar-refractivity contribution in [2.24, 2.45) is 0 Å². The van der Waals surface area contributed by atoms with Gasteiger partial charge in [0.25, 0.3) is 0 Å². The molecular weight excluding hydrogens is 381 g/mol. The molecule has 1 atom stereocenters. The average Bonchev–Trinajstić information content (AvgIpc) is 3.38. The topological polar surface area (TPSA) is 57.3 Å². The maximum Gasteiger partial charge on any atom is 0.132 e. The third kappa shape index (κ3) is 4.97. The first-order chi connectivity index (χ1) is 14.6. The highest BCUT2D eigenvalue weighted by Gasteiger charge is 2.26. The molecule has 4 rings (SSSR count). The van der Waals surface area contributed by atoms with Crippen molar-refractivity contribution in [3.63, 3.8) is 0 Å². The highest BCUT2D eigenvalue weighted by Crippen LogP contribution is 2.28. The molecule has 30 heavy (non-hydrogen) atoms. The molecule has 0 bridgehead atoms. The number of ether oxygens (including phenoxy) is 1. The molecule has 2 aromatic heterocycles. The monoisotopic (exact) mass is 409 g/mol. The quantitative estimate of drug-likeness (QED) is 0.616. The number of hydrogen-bond acceptors (Lipinski definition) is 5. The first kappa shape index (κ1) is 20.3. The van der Waals surface area contributed by atoms with Gasteiger partial charge in [0.15, 0.2) is 0 Å². The smallest absolute Gasteiger partial charge is 0.132 e. The number of aromatic nitrogens is 3. The number of benzene rings is 1. The van der Waals surface area contributed by atoms with Crippen molar-refractivity contribution >= 4 is 5.82 Å². The van der Waals surface area contributed by atoms with Crippen LogP contribution in [0.15, 0.2) is 48.7 Å². The second kappa shape index (κ2) is 9.26. The Kier molecular flexibility index (Phi) is 6.28. The Labute approximate surface area is 176 Å². The number of likely N-dealkylation sites (tertiary alicyclic amines) is 1. The second-order valence-corrected chi connectivity index (χ2v) is 7.98. The van der Waals surface area contributed by atoms with Gasteiger partial charge in [0.05, 0.1) is 12.3 Å². The van der Waals surface area contributed by atoms with E-state index in [9.17, 15) is 4.39 Å². The molecule has 1 saturated heterocycles. The standard InChI is InChI=1S/C23H28FN5O/c1-28(2)23-18(5-4-10-25-23)16-29-11-8-17(15-29)22-14-20(26-27-22)9-12-30-21-7-3-6-19(24)13-21/h3-7,10,13-14,17H,8-9,11-12,15-16H2,1-2H3,(H,26,27)/t17-/m0/s1. The van der Waals surface area contributed by atoms with E-state index in [0.29, 0.717) is 24.7 Å². The first-order valence-electron chi connectivity index (χ1n) is 10.3. The minimum Gasteiger partial charge on any atom is -0.493 e. The number of H-pyrrole nitrogens is 1. The van der Waals surface area contributed by atoms with Gasteiger partial charge in [-0.15, -0.1) is 0 Å². The summed E-state index contributed by atoms with van der Waals surface area (Å²) in [6, 6.07) is 12.5. The van der Waals surface area contributed by atoms with Crippen LogP contribution < -0.4 is 9.64 Å². The van der Waals surface area contributed by atoms with Crippen LogP contribution >= 0.6 is 0 Å². The van der Waals surface area contributed by atoms with Gasteiger partial charge >= 0.3 is 0 Å². The Bertz CT molecular complexity index is 973. The van der Waals surface area contributed by atoms with E-state index >= 15 is 0 Å². The molecule has 158 valence electrons. The Morgan fingerprint density at radius 3 is 2.97 bits per heavy atom. The Morgan fingerprint density at radius 2 is 2.13 bits per heavy atom. The number of nitrogens with one attached hydrogen (secondary N) is 1. The molecule has 0 saturated carbocycles. The van der Waals surface area contributed by atoms with E-state index < -0.39 is 0 Å². The summed E-state index contributed by atoms with van der Waals surface area (Å²) in [6.07, 6.45) is 3.65. The molecule has 7 heteroatoms. The van der Waals surface area contributed by atoms with Crippen LogP contribution in [0, 0.1) is 5.82 Å². The van der Waals surface area contributed by atoms with Gasteiger partial charge in [0.1, 0.15) is 17.4 Å². The van der Waals surface area contributed by atoms with Gasteiger partial charge in [-0.05, 0) is 37.2 Å². The maximum atomic E-state index is 13.2. The van der Waals surface area contributed by atoms with E-state index in [0.717, 1.165) is 43.3 Å². The second-order valence-electron chi connectivity index (χ2n) is 7.98. The van der Waals surface area contributed by atoms with Crippen LogP contribution in [0.5, 0.6) is 5.75 Å². The van der Waals surface area contributed by atoms with Gasteiger partial charge < -0.3 is 9.64 Å². The molecule has 0 aliphatic carbocycles. The lowest BCUT2D eigenvalue weighted by Gasteiger charge is -2.20. The number of nitrogens with zero attached hydrogens (tertiary/aromatic N) is 4. The zero-order valence-electron chi connectivity index (χ0n) is 17.5. The van der Waals surface area contributed by atoms with E-state index in [4.69, 9.17) is 4.74 Å². The first-order valence-corrected chi connectivity index (χ1v) is 10.3. The lowest BCUT2D eigenvalue weighted by molar-refractivity contribution is 0.319. The van der Waals surface area contributed by atoms with Crippen molar-refractivity contribution in [2.45, 2.75) is 25.3 Å². The molecule has 0 amide bonds. The summed E-state index contributed by atoms with van der Waals surface area (Å²) in [5.74, 6) is 1.72. The van der Waals surface area contributed by atoms with E-state index in [1.807, 2.05) is 26.4 Å². The maximum absolute atomic E-state index is 13.2. The largest absolute Gasteiger partial charge is 0.493 e. The van der Waals surface area contributed by atoms with E-state index in [2.05, 4.69) is 37.1 Å². The fourth-order valence-electron chi connectivity index (χ4n) is 3.97. The summed E-state index contributed by atoms with van der Waals surface area (Å²) < 4.78 is 18.9. The van der Waals surface area contributed by atoms with Crippen LogP contribution in [-0.4, -0.2) is 53.9 Å². The molecule has 1 aliphatic heterocycles. The predicted octanol–water partition coefficient (Wildman–Crippen LogP) is 3.62. The van der Waals surface area contributed by atoms with Crippen LogP contribution in [0.2, 0.25) is 0 Å². The highest BCUT2D eigenvalue weighted by atomic mass is 19.1. The van der Waals surface area contributed by atoms with Crippen molar-refractivity contribution in [3.05, 3.63) is 71.4 Å². The Hall–Kier alpha value is -2.93. The molecule has 1 aromatic carbocycles. The summed E-state index contributed by atoms with van der Waals surface area (Å²) in [6.45, 7) is 3.43. The molecule has 1 N–H and O–H groups in total. The summed E-state index contributed by atoms with van der Waals surface area (Å²) >= 11 is 0. The predicted molar refractivity (Wildman–Crippen MR) is 115 cm³/mol. The van der Waals surface area contributed by atoms with Gasteiger partial charge in [0, 0.05) is 63.0 Å². The zero-order chi connectivity index (χ0) is 20.9. The lowest BCUT2D eigenvalue weighted by Crippen LogP contribution is -2.22. The number of aromatic amines is 1. The van der Waals surface area contributed by atoms with Crippen LogP contribution in [0.25, 0.3) is 0 Å². The van der Waals surface area contributed by atoms with Gasteiger partial charge in [-0.25, -0.2) is 9.37 Å². The molecule has 0 spiro atoms. The minimum absolute atomic E-state index is 0.286. The fourth-order valence-corrected chi connectivity index (χ4v) is 3.97. The molecule has 1 aliphatic rings. The number of hydrogen-bond donors (Lipinski definition) is 1. The molecule has 3 aromatic rings. The normalized spacial score (nSPS) is 16.7. The van der Waals surface area contributed by atoms with Crippen molar-refractivity contribution in [2.75, 3.05) is 38.7 Å². The summed E-state index contributed by atoms with van der Waals surface area (Å²) in [5.41, 5.74) is 3.40. The van der Waals surface area contributed by atoms with E-state index in [1.165, 1.54) is 17.7 Å². The third-order valence-electron chi connectivity index (χ3n) is 5.46. The molecule has 0 radical (unpaired) electrons. The molecule has 1 fully saturated rings. The summed E-state index contributed by atoms with van der Waals surface area (Å²) in [7, 11) is 4.06. The fraction of sp³-hybridized carbons (Fsp3) is 0.391. The number of pyridine rings is 1. The van der Waals surface area contributed by atoms with Crippen molar-refractivity contribution in [3.8, 4) is 5.75 Å². The van der Waals surface area contributed by atoms with Crippen LogP contribution in [0.1, 0.15) is 29.3 Å². The van der Waals surface area contributed by atoms with Gasteiger partial charge in [-0.2, -0.15) is 5.10 Å². The highest BCUT2D eigenvalue weighted by molar-refractivity contribution is 5.45. The summed E-state index contributed by atoms with van der Waals surface area (Å²) in [5, 5.41) is 7.67. The average molecular weight is 410 g/mol. The zero-order valence-corrected chi connectivity index (χ0v) is 17.5. The van der Waals surface area contributed by atoms with E-state index in [-0.39, 0.29) is 5.82 Å². The molecule has 3 heterocycles. The van der Waals surface area contributed by atoms with E-state index in [1.54, 1.807) is 12.1 Å². The Balaban J connectivity index is 1.29. The third-order valence-corrected chi connectivity index (χ3v) is 5.46. The number of anilines is 1. The molecule has 6 nitrogen and oxygen atoms in total. The number of halogens is 1. The lowest BCUT2D eigenvalue weighted by atomic mass is 10.0. The van der Waals surface area contributed by atoms with Gasteiger partial charge in [-0.3, -0.25) is 10.00 Å².